The zero-order chi connectivity index (χ0) is 14.7. The molecule has 0 saturated carbocycles. The van der Waals surface area contributed by atoms with Gasteiger partial charge in [-0.05, 0) is 56.5 Å². The van der Waals surface area contributed by atoms with Crippen LogP contribution in [0, 0.1) is 5.92 Å². The third kappa shape index (κ3) is 3.29. The van der Waals surface area contributed by atoms with Crippen LogP contribution in [-0.2, 0) is 0 Å². The molecule has 0 unspecified atom stereocenters. The summed E-state index contributed by atoms with van der Waals surface area (Å²) in [6.07, 6.45) is 3.51. The van der Waals surface area contributed by atoms with Gasteiger partial charge in [0.1, 0.15) is 0 Å². The van der Waals surface area contributed by atoms with Crippen molar-refractivity contribution >= 4 is 5.91 Å². The first-order chi connectivity index (χ1) is 10.2. The number of nitrogens with one attached hydrogen (secondary N) is 1. The minimum Gasteiger partial charge on any atom is -0.454 e. The van der Waals surface area contributed by atoms with Gasteiger partial charge >= 0.3 is 0 Å². The summed E-state index contributed by atoms with van der Waals surface area (Å²) in [5.41, 5.74) is 0.659. The molecule has 5 nitrogen and oxygen atoms in total. The van der Waals surface area contributed by atoms with Gasteiger partial charge in [-0.15, -0.1) is 0 Å². The Morgan fingerprint density at radius 1 is 1.29 bits per heavy atom. The molecule has 2 heterocycles. The summed E-state index contributed by atoms with van der Waals surface area (Å²) >= 11 is 0. The summed E-state index contributed by atoms with van der Waals surface area (Å²) in [6.45, 7) is 3.24. The summed E-state index contributed by atoms with van der Waals surface area (Å²) in [7, 11) is 1.87. The average molecular weight is 290 g/mol. The Morgan fingerprint density at radius 2 is 2.05 bits per heavy atom. The molecular formula is C16H22N2O3. The van der Waals surface area contributed by atoms with Crippen molar-refractivity contribution in [2.75, 3.05) is 33.5 Å². The van der Waals surface area contributed by atoms with Crippen molar-refractivity contribution in [3.05, 3.63) is 23.8 Å². The van der Waals surface area contributed by atoms with Gasteiger partial charge in [0, 0.05) is 19.2 Å². The molecular weight excluding hydrogens is 268 g/mol. The number of piperidine rings is 1. The minimum absolute atomic E-state index is 0.0437. The molecule has 0 radical (unpaired) electrons. The maximum Gasteiger partial charge on any atom is 0.253 e. The molecule has 0 aromatic heterocycles. The highest BCUT2D eigenvalue weighted by molar-refractivity contribution is 5.94. The molecule has 5 heteroatoms. The first-order valence-electron chi connectivity index (χ1n) is 7.60. The Kier molecular flexibility index (Phi) is 4.29. The van der Waals surface area contributed by atoms with E-state index in [1.54, 1.807) is 23.1 Å². The molecule has 21 heavy (non-hydrogen) atoms. The Labute approximate surface area is 125 Å². The van der Waals surface area contributed by atoms with Crippen molar-refractivity contribution in [1.29, 1.82) is 0 Å². The summed E-state index contributed by atoms with van der Waals surface area (Å²) in [4.78, 5) is 14.2. The fourth-order valence-electron chi connectivity index (χ4n) is 2.90. The second-order valence-corrected chi connectivity index (χ2v) is 5.78. The number of carbonyl (C=O) groups is 1. The zero-order valence-corrected chi connectivity index (χ0v) is 12.4. The van der Waals surface area contributed by atoms with Crippen LogP contribution >= 0.6 is 0 Å². The summed E-state index contributed by atoms with van der Waals surface area (Å²) < 4.78 is 10.6. The van der Waals surface area contributed by atoms with E-state index in [-0.39, 0.29) is 12.7 Å². The number of nitrogens with zero attached hydrogens (tertiary/aromatic N) is 1. The van der Waals surface area contributed by atoms with E-state index >= 15 is 0 Å². The number of ether oxygens (including phenoxy) is 2. The number of fused-ring (bicyclic) bond motifs is 1. The summed E-state index contributed by atoms with van der Waals surface area (Å²) in [5.74, 6) is 2.15. The lowest BCUT2D eigenvalue weighted by molar-refractivity contribution is 0.0784. The van der Waals surface area contributed by atoms with Crippen LogP contribution in [0.1, 0.15) is 29.6 Å². The Morgan fingerprint density at radius 3 is 2.86 bits per heavy atom. The number of benzene rings is 1. The summed E-state index contributed by atoms with van der Waals surface area (Å²) in [6, 6.07) is 5.37. The van der Waals surface area contributed by atoms with Gasteiger partial charge in [-0.1, -0.05) is 0 Å². The second-order valence-electron chi connectivity index (χ2n) is 5.78. The topological polar surface area (TPSA) is 50.8 Å². The number of amides is 1. The highest BCUT2D eigenvalue weighted by Crippen LogP contribution is 2.32. The van der Waals surface area contributed by atoms with Crippen molar-refractivity contribution in [3.63, 3.8) is 0 Å². The molecule has 1 saturated heterocycles. The standard InChI is InChI=1S/C16H22N2O3/c1-18(9-6-12-4-7-17-8-5-12)16(19)13-2-3-14-15(10-13)21-11-20-14/h2-3,10,12,17H,4-9,11H2,1H3. The molecule has 3 rings (SSSR count). The smallest absolute Gasteiger partial charge is 0.253 e. The van der Waals surface area contributed by atoms with Crippen LogP contribution < -0.4 is 14.8 Å². The Bertz CT molecular complexity index is 512. The van der Waals surface area contributed by atoms with Gasteiger partial charge in [0.15, 0.2) is 11.5 Å². The van der Waals surface area contributed by atoms with E-state index in [2.05, 4.69) is 5.32 Å². The van der Waals surface area contributed by atoms with E-state index in [1.165, 1.54) is 12.8 Å². The molecule has 0 spiro atoms. The lowest BCUT2D eigenvalue weighted by Crippen LogP contribution is -2.32. The van der Waals surface area contributed by atoms with Crippen molar-refractivity contribution in [2.45, 2.75) is 19.3 Å². The maximum absolute atomic E-state index is 12.4. The van der Waals surface area contributed by atoms with Gasteiger partial charge < -0.3 is 19.7 Å². The van der Waals surface area contributed by atoms with E-state index < -0.39 is 0 Å². The van der Waals surface area contributed by atoms with Crippen LogP contribution in [0.4, 0.5) is 0 Å². The number of hydrogen-bond acceptors (Lipinski definition) is 4. The molecule has 114 valence electrons. The van der Waals surface area contributed by atoms with Crippen molar-refractivity contribution in [1.82, 2.24) is 10.2 Å². The molecule has 1 aromatic carbocycles. The van der Waals surface area contributed by atoms with Crippen LogP contribution in [0.15, 0.2) is 18.2 Å². The average Bonchev–Trinajstić information content (AvgIpc) is 3.00. The third-order valence-corrected chi connectivity index (χ3v) is 4.30. The summed E-state index contributed by atoms with van der Waals surface area (Å²) in [5, 5.41) is 3.37. The van der Waals surface area contributed by atoms with Crippen molar-refractivity contribution in [3.8, 4) is 11.5 Å². The molecule has 2 aliphatic heterocycles. The highest BCUT2D eigenvalue weighted by Gasteiger charge is 2.19. The number of rotatable bonds is 4. The van der Waals surface area contributed by atoms with Crippen LogP contribution in [0.5, 0.6) is 11.5 Å². The third-order valence-electron chi connectivity index (χ3n) is 4.30. The molecule has 2 aliphatic rings. The maximum atomic E-state index is 12.4. The normalized spacial score (nSPS) is 17.8. The van der Waals surface area contributed by atoms with E-state index in [0.717, 1.165) is 32.0 Å². The first-order valence-corrected chi connectivity index (χ1v) is 7.60. The largest absolute Gasteiger partial charge is 0.454 e. The first kappa shape index (κ1) is 14.2. The van der Waals surface area contributed by atoms with E-state index in [9.17, 15) is 4.79 Å². The van der Waals surface area contributed by atoms with E-state index in [0.29, 0.717) is 17.1 Å². The van der Waals surface area contributed by atoms with E-state index in [4.69, 9.17) is 9.47 Å². The van der Waals surface area contributed by atoms with Crippen LogP contribution in [0.25, 0.3) is 0 Å². The quantitative estimate of drug-likeness (QED) is 0.920. The monoisotopic (exact) mass is 290 g/mol. The molecule has 1 amide bonds. The van der Waals surface area contributed by atoms with Gasteiger partial charge in [-0.25, -0.2) is 0 Å². The molecule has 0 bridgehead atoms. The van der Waals surface area contributed by atoms with Crippen LogP contribution in [-0.4, -0.2) is 44.3 Å². The van der Waals surface area contributed by atoms with Gasteiger partial charge in [0.2, 0.25) is 6.79 Å². The molecule has 1 fully saturated rings. The van der Waals surface area contributed by atoms with Crippen molar-refractivity contribution < 1.29 is 14.3 Å². The predicted molar refractivity (Wildman–Crippen MR) is 79.7 cm³/mol. The van der Waals surface area contributed by atoms with Gasteiger partial charge in [0.05, 0.1) is 0 Å². The SMILES string of the molecule is CN(CCC1CCNCC1)C(=O)c1ccc2c(c1)OCO2. The lowest BCUT2D eigenvalue weighted by Gasteiger charge is -2.25. The molecule has 0 aliphatic carbocycles. The number of hydrogen-bond donors (Lipinski definition) is 1. The second kappa shape index (κ2) is 6.35. The highest BCUT2D eigenvalue weighted by atomic mass is 16.7. The predicted octanol–water partition coefficient (Wildman–Crippen LogP) is 1.88. The van der Waals surface area contributed by atoms with E-state index in [1.807, 2.05) is 7.05 Å². The minimum atomic E-state index is 0.0437. The van der Waals surface area contributed by atoms with Gasteiger partial charge in [-0.3, -0.25) is 4.79 Å². The fraction of sp³-hybridized carbons (Fsp3) is 0.562. The van der Waals surface area contributed by atoms with Gasteiger partial charge in [0.25, 0.3) is 5.91 Å². The Balaban J connectivity index is 1.56. The number of carbonyl (C=O) groups excluding carboxylic acids is 1. The van der Waals surface area contributed by atoms with Crippen molar-refractivity contribution in [2.24, 2.45) is 5.92 Å². The molecule has 0 atom stereocenters. The Hall–Kier alpha value is -1.75. The molecule has 1 N–H and O–H groups in total. The zero-order valence-electron chi connectivity index (χ0n) is 12.4. The fourth-order valence-corrected chi connectivity index (χ4v) is 2.90. The van der Waals surface area contributed by atoms with Gasteiger partial charge in [-0.2, -0.15) is 0 Å². The van der Waals surface area contributed by atoms with Crippen LogP contribution in [0.3, 0.4) is 0 Å². The van der Waals surface area contributed by atoms with Crippen LogP contribution in [0.2, 0.25) is 0 Å². The molecule has 1 aromatic rings. The lowest BCUT2D eigenvalue weighted by atomic mass is 9.94.